The van der Waals surface area contributed by atoms with Crippen LogP contribution >= 0.6 is 0 Å². The monoisotopic (exact) mass is 800 g/mol. The van der Waals surface area contributed by atoms with Gasteiger partial charge in [0, 0.05) is 67.0 Å². The fraction of sp³-hybridized carbons (Fsp3) is 0. The predicted octanol–water partition coefficient (Wildman–Crippen LogP) is 10.5. The molecule has 0 radical (unpaired) electrons. The third kappa shape index (κ3) is 6.32. The van der Waals surface area contributed by atoms with Crippen molar-refractivity contribution in [3.8, 4) is 56.5 Å². The van der Waals surface area contributed by atoms with Crippen molar-refractivity contribution in [3.05, 3.63) is 158 Å². The molecule has 0 saturated carbocycles. The maximum atomic E-state index is 12.0. The summed E-state index contributed by atoms with van der Waals surface area (Å²) in [5.41, 5.74) is 9.00. The molecule has 5 aromatic carbocycles. The molecule has 11 nitrogen and oxygen atoms in total. The molecule has 2 N–H and O–H groups in total. The Bertz CT molecular complexity index is 3710. The fourth-order valence-corrected chi connectivity index (χ4v) is 8.17. The number of fused-ring (bicyclic) bond motifs is 9. The molecular weight excluding hydrogens is 773 g/mol. The summed E-state index contributed by atoms with van der Waals surface area (Å²) in [4.78, 5) is 29.3. The van der Waals surface area contributed by atoms with Crippen LogP contribution in [0, 0.1) is 0 Å². The van der Waals surface area contributed by atoms with Gasteiger partial charge in [-0.2, -0.15) is 8.42 Å². The normalized spacial score (nSPS) is 11.9. The lowest BCUT2D eigenvalue weighted by Gasteiger charge is -2.12. The number of benzene rings is 5. The predicted molar refractivity (Wildman–Crippen MR) is 234 cm³/mol. The van der Waals surface area contributed by atoms with E-state index in [-0.39, 0.29) is 11.5 Å². The van der Waals surface area contributed by atoms with E-state index in [9.17, 15) is 18.1 Å². The smallest absolute Gasteiger partial charge is 0.446 e. The zero-order chi connectivity index (χ0) is 40.5. The summed E-state index contributed by atoms with van der Waals surface area (Å²) in [5, 5.41) is 16.4. The van der Waals surface area contributed by atoms with Gasteiger partial charge in [-0.25, -0.2) is 19.9 Å². The fourth-order valence-electron chi connectivity index (χ4n) is 7.83. The van der Waals surface area contributed by atoms with Crippen molar-refractivity contribution in [1.29, 1.82) is 0 Å². The lowest BCUT2D eigenvalue weighted by Crippen LogP contribution is -2.07. The highest BCUT2D eigenvalue weighted by atomic mass is 32.3. The second-order valence-corrected chi connectivity index (χ2v) is 15.5. The van der Waals surface area contributed by atoms with E-state index < -0.39 is 10.4 Å². The van der Waals surface area contributed by atoms with Crippen molar-refractivity contribution < 1.29 is 22.3 Å². The Hall–Kier alpha value is -7.93. The average molecular weight is 801 g/mol. The average Bonchev–Trinajstić information content (AvgIpc) is 3.27. The highest BCUT2D eigenvalue weighted by molar-refractivity contribution is 7.81. The Morgan fingerprint density at radius 1 is 0.400 bits per heavy atom. The molecule has 60 heavy (non-hydrogen) atoms. The van der Waals surface area contributed by atoms with Gasteiger partial charge in [0.05, 0.1) is 55.9 Å². The van der Waals surface area contributed by atoms with E-state index >= 15 is 0 Å². The molecule has 0 aliphatic carbocycles. The number of aromatic hydroxyl groups is 1. The topological polar surface area (TPSA) is 161 Å². The first-order chi connectivity index (χ1) is 29.2. The minimum atomic E-state index is -4.86. The van der Waals surface area contributed by atoms with E-state index in [4.69, 9.17) is 24.1 Å². The van der Waals surface area contributed by atoms with E-state index in [1.165, 1.54) is 12.1 Å². The first-order valence-electron chi connectivity index (χ1n) is 18.9. The first kappa shape index (κ1) is 35.2. The van der Waals surface area contributed by atoms with Gasteiger partial charge in [-0.3, -0.25) is 14.5 Å². The molecular formula is C48H28N6O5S. The molecule has 286 valence electrons. The van der Waals surface area contributed by atoms with Crippen LogP contribution in [0.3, 0.4) is 0 Å². The van der Waals surface area contributed by atoms with E-state index in [0.29, 0.717) is 61.6 Å². The van der Waals surface area contributed by atoms with Crippen molar-refractivity contribution in [2.24, 2.45) is 0 Å². The van der Waals surface area contributed by atoms with Crippen molar-refractivity contribution >= 4 is 75.8 Å². The summed E-state index contributed by atoms with van der Waals surface area (Å²) in [7, 11) is -4.86. The van der Waals surface area contributed by atoms with Gasteiger partial charge in [0.15, 0.2) is 0 Å². The Morgan fingerprint density at radius 3 is 1.08 bits per heavy atom. The molecule has 0 fully saturated rings. The third-order valence-electron chi connectivity index (χ3n) is 10.6. The highest BCUT2D eigenvalue weighted by Crippen LogP contribution is 2.36. The Balaban J connectivity index is 1.03. The maximum absolute atomic E-state index is 12.0. The van der Waals surface area contributed by atoms with Gasteiger partial charge in [-0.1, -0.05) is 72.8 Å². The molecule has 0 spiro atoms. The van der Waals surface area contributed by atoms with Gasteiger partial charge >= 0.3 is 10.4 Å². The van der Waals surface area contributed by atoms with Crippen LogP contribution in [0.4, 0.5) is 0 Å². The molecule has 0 amide bonds. The molecule has 6 heterocycles. The molecule has 11 aromatic rings. The van der Waals surface area contributed by atoms with Crippen LogP contribution in [0.2, 0.25) is 0 Å². The highest BCUT2D eigenvalue weighted by Gasteiger charge is 2.17. The summed E-state index contributed by atoms with van der Waals surface area (Å²) < 4.78 is 38.7. The van der Waals surface area contributed by atoms with Crippen LogP contribution in [0.15, 0.2) is 158 Å². The molecule has 11 rings (SSSR count). The van der Waals surface area contributed by atoms with Crippen LogP contribution < -0.4 is 4.18 Å². The Kier molecular flexibility index (Phi) is 7.98. The molecule has 12 heteroatoms. The van der Waals surface area contributed by atoms with E-state index in [0.717, 1.165) is 48.9 Å². The summed E-state index contributed by atoms with van der Waals surface area (Å²) in [6.07, 6.45) is 3.47. The molecule has 0 saturated heterocycles. The van der Waals surface area contributed by atoms with E-state index in [1.54, 1.807) is 24.5 Å². The number of hydrogen-bond donors (Lipinski definition) is 2. The van der Waals surface area contributed by atoms with Crippen molar-refractivity contribution in [2.45, 2.75) is 0 Å². The largest absolute Gasteiger partial charge is 0.508 e. The number of nitrogens with zero attached hydrogens (tertiary/aromatic N) is 6. The minimum absolute atomic E-state index is 0.0637. The van der Waals surface area contributed by atoms with Gasteiger partial charge in [-0.15, -0.1) is 0 Å². The lowest BCUT2D eigenvalue weighted by atomic mass is 10.0. The van der Waals surface area contributed by atoms with E-state index in [1.807, 2.05) is 121 Å². The zero-order valence-electron chi connectivity index (χ0n) is 31.2. The number of rotatable bonds is 6. The van der Waals surface area contributed by atoms with Crippen LogP contribution in [0.5, 0.6) is 11.5 Å². The molecule has 0 aliphatic heterocycles. The molecule has 0 bridgehead atoms. The summed E-state index contributed by atoms with van der Waals surface area (Å²) in [6, 6.07) is 45.2. The summed E-state index contributed by atoms with van der Waals surface area (Å²) >= 11 is 0. The molecule has 6 aromatic heterocycles. The Labute approximate surface area is 341 Å². The van der Waals surface area contributed by atoms with Crippen molar-refractivity contribution in [2.75, 3.05) is 0 Å². The number of phenolic OH excluding ortho intramolecular Hbond substituents is 1. The standard InChI is InChI=1S/C48H28N6O5S/c55-37-23-33(39-15-11-29-7-5-27-3-1-19-49-43(27)45(29)51-39)21-34(24-37)40-16-13-31-9-10-32-14-18-42(54-48(32)47(31)53-40)36-22-35(25-38(26-36)59-60(56,57)58)41-17-12-30-8-6-28-4-2-20-50-44(28)46(30)52-41/h1-26,55H,(H,56,57,58). The zero-order valence-corrected chi connectivity index (χ0v) is 32.0. The number of hydrogen-bond acceptors (Lipinski definition) is 10. The van der Waals surface area contributed by atoms with E-state index in [2.05, 4.69) is 9.97 Å². The second-order valence-electron chi connectivity index (χ2n) is 14.4. The van der Waals surface area contributed by atoms with Gasteiger partial charge < -0.3 is 9.29 Å². The number of pyridine rings is 6. The molecule has 0 atom stereocenters. The minimum Gasteiger partial charge on any atom is -0.508 e. The SMILES string of the molecule is O=S(=O)(O)Oc1cc(-c2ccc3ccc4cccnc4c3n2)cc(-c2ccc3ccc4ccc(-c5cc(O)cc(-c6ccc7ccc8cccnc8c7n6)c5)nc4c3n2)c1. The summed E-state index contributed by atoms with van der Waals surface area (Å²) in [5.74, 6) is -0.0537. The lowest BCUT2D eigenvalue weighted by molar-refractivity contribution is 0.387. The van der Waals surface area contributed by atoms with Crippen molar-refractivity contribution in [3.63, 3.8) is 0 Å². The van der Waals surface area contributed by atoms with Gasteiger partial charge in [0.2, 0.25) is 0 Å². The molecule has 0 aliphatic rings. The first-order valence-corrected chi connectivity index (χ1v) is 20.2. The third-order valence-corrected chi connectivity index (χ3v) is 11.0. The van der Waals surface area contributed by atoms with Gasteiger partial charge in [-0.05, 0) is 72.8 Å². The Morgan fingerprint density at radius 2 is 0.717 bits per heavy atom. The number of phenols is 1. The molecule has 0 unspecified atom stereocenters. The summed E-state index contributed by atoms with van der Waals surface area (Å²) in [6.45, 7) is 0. The van der Waals surface area contributed by atoms with Crippen LogP contribution in [0.25, 0.3) is 110 Å². The second kappa shape index (κ2) is 13.6. The van der Waals surface area contributed by atoms with Gasteiger partial charge in [0.1, 0.15) is 11.5 Å². The quantitative estimate of drug-likeness (QED) is 0.122. The maximum Gasteiger partial charge on any atom is 0.446 e. The van der Waals surface area contributed by atoms with Crippen LogP contribution in [0.1, 0.15) is 0 Å². The van der Waals surface area contributed by atoms with Gasteiger partial charge in [0.25, 0.3) is 0 Å². The van der Waals surface area contributed by atoms with Crippen LogP contribution in [-0.4, -0.2) is 48.0 Å². The van der Waals surface area contributed by atoms with Crippen molar-refractivity contribution in [1.82, 2.24) is 29.9 Å². The number of aromatic nitrogens is 6. The van der Waals surface area contributed by atoms with Crippen LogP contribution in [-0.2, 0) is 10.4 Å².